The molecular formula is C26H44N4O8P4. The summed E-state index contributed by atoms with van der Waals surface area (Å²) in [6.07, 6.45) is 0. The molecule has 2 aromatic carbocycles. The molecule has 1 aliphatic rings. The van der Waals surface area contributed by atoms with Gasteiger partial charge in [-0.25, -0.2) is 0 Å². The molecule has 0 aromatic heterocycles. The van der Waals surface area contributed by atoms with Crippen molar-refractivity contribution in [2.24, 2.45) is 18.1 Å². The Bertz CT molecular complexity index is 1330. The summed E-state index contributed by atoms with van der Waals surface area (Å²) < 4.78 is 71.0. The lowest BCUT2D eigenvalue weighted by atomic mass is 10.2. The fraction of sp³-hybridized carbons (Fsp3) is 0.538. The first-order chi connectivity index (χ1) is 20.1. The molecule has 0 amide bonds. The van der Waals surface area contributed by atoms with E-state index in [-0.39, 0.29) is 39.6 Å². The van der Waals surface area contributed by atoms with Crippen LogP contribution >= 0.6 is 30.6 Å². The summed E-state index contributed by atoms with van der Waals surface area (Å²) in [4.78, 5) is 0. The molecule has 0 unspecified atom stereocenters. The number of hydrogen-bond acceptors (Lipinski definition) is 12. The topological polar surface area (TPSA) is 123 Å². The Labute approximate surface area is 250 Å². The molecule has 1 aliphatic heterocycles. The van der Waals surface area contributed by atoms with Gasteiger partial charge in [-0.2, -0.15) is 0 Å². The van der Waals surface area contributed by atoms with Crippen LogP contribution in [0.3, 0.4) is 0 Å². The maximum absolute atomic E-state index is 6.69. The molecule has 42 heavy (non-hydrogen) atoms. The van der Waals surface area contributed by atoms with Crippen LogP contribution in [0.25, 0.3) is 0 Å². The van der Waals surface area contributed by atoms with Gasteiger partial charge in [0.05, 0.1) is 39.6 Å². The van der Waals surface area contributed by atoms with Crippen molar-refractivity contribution in [1.29, 1.82) is 0 Å². The predicted octanol–water partition coefficient (Wildman–Crippen LogP) is 10.8. The van der Waals surface area contributed by atoms with Gasteiger partial charge in [-0.05, 0) is 90.8 Å². The number of rotatable bonds is 16. The Balaban J connectivity index is 2.57. The van der Waals surface area contributed by atoms with E-state index in [4.69, 9.17) is 54.3 Å². The molecule has 0 saturated carbocycles. The van der Waals surface area contributed by atoms with Gasteiger partial charge in [0.15, 0.2) is 0 Å². The average Bonchev–Trinajstić information content (AvgIpc) is 2.89. The highest BCUT2D eigenvalue weighted by Crippen LogP contribution is 2.80. The summed E-state index contributed by atoms with van der Waals surface area (Å²) in [5.41, 5.74) is 1.96. The highest BCUT2D eigenvalue weighted by molar-refractivity contribution is 7.78. The van der Waals surface area contributed by atoms with E-state index in [9.17, 15) is 0 Å². The minimum Gasteiger partial charge on any atom is -0.413 e. The molecular weight excluding hydrogens is 620 g/mol. The van der Waals surface area contributed by atoms with Gasteiger partial charge in [0.1, 0.15) is 11.5 Å². The van der Waals surface area contributed by atoms with E-state index in [0.717, 1.165) is 11.1 Å². The number of benzene rings is 2. The van der Waals surface area contributed by atoms with E-state index < -0.39 is 30.6 Å². The van der Waals surface area contributed by atoms with Crippen molar-refractivity contribution in [2.45, 2.75) is 55.4 Å². The van der Waals surface area contributed by atoms with Crippen LogP contribution in [0.4, 0.5) is 0 Å². The second-order valence-electron chi connectivity index (χ2n) is 8.64. The van der Waals surface area contributed by atoms with E-state index in [1.54, 1.807) is 0 Å². The van der Waals surface area contributed by atoms with Crippen molar-refractivity contribution in [1.82, 2.24) is 0 Å². The first kappa shape index (κ1) is 35.2. The van der Waals surface area contributed by atoms with E-state index >= 15 is 0 Å². The highest BCUT2D eigenvalue weighted by Gasteiger charge is 2.44. The lowest BCUT2D eigenvalue weighted by molar-refractivity contribution is 0.242. The monoisotopic (exact) mass is 664 g/mol. The minimum absolute atomic E-state index is 0.227. The second-order valence-corrected chi connectivity index (χ2v) is 17.3. The predicted molar refractivity (Wildman–Crippen MR) is 171 cm³/mol. The molecule has 3 rings (SSSR count). The highest BCUT2D eigenvalue weighted by atomic mass is 31.3. The zero-order chi connectivity index (χ0) is 30.7. The summed E-state index contributed by atoms with van der Waals surface area (Å²) >= 11 is 0. The molecule has 236 valence electrons. The lowest BCUT2D eigenvalue weighted by Gasteiger charge is -2.32. The molecule has 0 radical (unpaired) electrons. The largest absolute Gasteiger partial charge is 0.457 e. The van der Waals surface area contributed by atoms with E-state index in [2.05, 4.69) is 0 Å². The van der Waals surface area contributed by atoms with Gasteiger partial charge in [0, 0.05) is 0 Å². The fourth-order valence-electron chi connectivity index (χ4n) is 3.78. The third kappa shape index (κ3) is 9.36. The quantitative estimate of drug-likeness (QED) is 0.162. The van der Waals surface area contributed by atoms with E-state index in [0.29, 0.717) is 11.5 Å². The van der Waals surface area contributed by atoms with Gasteiger partial charge < -0.3 is 36.2 Å². The molecule has 0 fully saturated rings. The van der Waals surface area contributed by atoms with Gasteiger partial charge in [0.2, 0.25) is 0 Å². The number of aryl methyl sites for hydroxylation is 2. The van der Waals surface area contributed by atoms with Crippen LogP contribution in [0.5, 0.6) is 11.5 Å². The maximum Gasteiger partial charge on any atom is 0.457 e. The van der Waals surface area contributed by atoms with E-state index in [1.807, 2.05) is 104 Å². The summed E-state index contributed by atoms with van der Waals surface area (Å²) in [5.74, 6) is 0.967. The Morgan fingerprint density at radius 2 is 0.738 bits per heavy atom. The third-order valence-corrected chi connectivity index (χ3v) is 16.8. The molecule has 0 aliphatic carbocycles. The van der Waals surface area contributed by atoms with Crippen LogP contribution in [0.1, 0.15) is 52.7 Å². The van der Waals surface area contributed by atoms with Gasteiger partial charge >= 0.3 is 30.6 Å². The summed E-state index contributed by atoms with van der Waals surface area (Å²) in [5, 5.41) is 0. The van der Waals surface area contributed by atoms with Crippen molar-refractivity contribution in [3.8, 4) is 11.5 Å². The standard InChI is InChI=1S/C26H44N4O8P4/c1-9-31-39(32-10-2)27-40(33-11-3,34-12-4)29-42(37-25-19-15-17-23(7)21-25,38-26-20-16-18-24(8)22-26)30-41(28-39,35-13-5)36-14-6/h15-22H,9-14H2,1-8H3. The van der Waals surface area contributed by atoms with Crippen LogP contribution in [0, 0.1) is 13.8 Å². The second kappa shape index (κ2) is 16.2. The van der Waals surface area contributed by atoms with Crippen LogP contribution in [-0.4, -0.2) is 39.6 Å². The van der Waals surface area contributed by atoms with Crippen molar-refractivity contribution < 1.29 is 36.2 Å². The minimum atomic E-state index is -3.83. The third-order valence-electron chi connectivity index (χ3n) is 5.12. The van der Waals surface area contributed by atoms with Crippen LogP contribution < -0.4 is 9.05 Å². The normalized spacial score (nSPS) is 18.3. The smallest absolute Gasteiger partial charge is 0.413 e. The number of hydrogen-bond donors (Lipinski definition) is 0. The van der Waals surface area contributed by atoms with Crippen LogP contribution in [0.2, 0.25) is 0 Å². The molecule has 16 heteroatoms. The summed E-state index contributed by atoms with van der Waals surface area (Å²) in [6.45, 7) is 16.3. The van der Waals surface area contributed by atoms with Crippen LogP contribution in [-0.2, 0) is 27.1 Å². The zero-order valence-electron chi connectivity index (χ0n) is 25.7. The molecule has 0 N–H and O–H groups in total. The van der Waals surface area contributed by atoms with Gasteiger partial charge in [-0.1, -0.05) is 24.3 Å². The summed E-state index contributed by atoms with van der Waals surface area (Å²) in [7, 11) is -14.5. The average molecular weight is 665 g/mol. The first-order valence-electron chi connectivity index (χ1n) is 14.1. The van der Waals surface area contributed by atoms with E-state index in [1.165, 1.54) is 0 Å². The molecule has 0 saturated heterocycles. The SMILES string of the molecule is CCOP1(OCC)=NP(OCC)(OCC)=NP(Oc2cccc(C)c2)(Oc2cccc(C)c2)=NP(OCC)(OCC)=N1. The first-order valence-corrected chi connectivity index (χ1v) is 20.2. The molecule has 1 heterocycles. The van der Waals surface area contributed by atoms with Gasteiger partial charge in [0.25, 0.3) is 0 Å². The molecule has 0 atom stereocenters. The van der Waals surface area contributed by atoms with Gasteiger partial charge in [-0.3, -0.25) is 0 Å². The molecule has 0 spiro atoms. The van der Waals surface area contributed by atoms with Crippen molar-refractivity contribution in [3.05, 3.63) is 59.7 Å². The molecule has 2 aromatic rings. The Morgan fingerprint density at radius 1 is 0.452 bits per heavy atom. The summed E-state index contributed by atoms with van der Waals surface area (Å²) in [6, 6.07) is 15.1. The molecule has 12 nitrogen and oxygen atoms in total. The Hall–Kier alpha value is -1.28. The van der Waals surface area contributed by atoms with Gasteiger partial charge in [-0.15, -0.1) is 18.1 Å². The number of nitrogens with zero attached hydrogens (tertiary/aromatic N) is 4. The fourth-order valence-corrected chi connectivity index (χ4v) is 16.3. The maximum atomic E-state index is 6.69. The Kier molecular flexibility index (Phi) is 13.5. The zero-order valence-corrected chi connectivity index (χ0v) is 29.3. The van der Waals surface area contributed by atoms with Crippen molar-refractivity contribution in [2.75, 3.05) is 39.6 Å². The lowest BCUT2D eigenvalue weighted by Crippen LogP contribution is -2.07. The van der Waals surface area contributed by atoms with Crippen LogP contribution in [0.15, 0.2) is 66.6 Å². The van der Waals surface area contributed by atoms with Crippen molar-refractivity contribution in [3.63, 3.8) is 0 Å². The Morgan fingerprint density at radius 3 is 1.02 bits per heavy atom. The van der Waals surface area contributed by atoms with Crippen molar-refractivity contribution >= 4 is 30.6 Å². The molecule has 0 bridgehead atoms.